The summed E-state index contributed by atoms with van der Waals surface area (Å²) in [5.74, 6) is 0. The molecular formula is C9H9F3N4OS. The third kappa shape index (κ3) is 4.45. The molecule has 1 aromatic carbocycles. The lowest BCUT2D eigenvalue weighted by Gasteiger charge is -2.12. The zero-order valence-corrected chi connectivity index (χ0v) is 9.65. The number of benzene rings is 1. The Morgan fingerprint density at radius 3 is 2.50 bits per heavy atom. The summed E-state index contributed by atoms with van der Waals surface area (Å²) in [4.78, 5) is 10.4. The second-order valence-electron chi connectivity index (χ2n) is 3.15. The molecule has 5 nitrogen and oxygen atoms in total. The molecule has 2 amide bonds. The van der Waals surface area contributed by atoms with Crippen LogP contribution in [-0.2, 0) is 6.18 Å². The Balaban J connectivity index is 2.68. The van der Waals surface area contributed by atoms with Crippen LogP contribution in [0.2, 0.25) is 0 Å². The maximum Gasteiger partial charge on any atom is 0.416 e. The van der Waals surface area contributed by atoms with Crippen molar-refractivity contribution in [2.24, 2.45) is 5.73 Å². The van der Waals surface area contributed by atoms with E-state index in [-0.39, 0.29) is 10.8 Å². The number of thiocarbonyl (C=S) groups is 1. The number of primary amides is 1. The molecule has 98 valence electrons. The molecule has 1 rings (SSSR count). The van der Waals surface area contributed by atoms with E-state index in [4.69, 9.17) is 18.0 Å². The standard InChI is InChI=1S/C9H9F3N4OS/c10-9(11,12)5-2-1-3-6(4-5)14-8(18)16-15-7(13)17/h1-4H,(H3,13,15,17)(H2,14,16,18). The van der Waals surface area contributed by atoms with Gasteiger partial charge in [0.25, 0.3) is 0 Å². The number of nitrogens with two attached hydrogens (primary N) is 1. The Morgan fingerprint density at radius 1 is 1.28 bits per heavy atom. The number of hydrogen-bond donors (Lipinski definition) is 4. The molecular weight excluding hydrogens is 269 g/mol. The van der Waals surface area contributed by atoms with Gasteiger partial charge in [-0.3, -0.25) is 5.43 Å². The predicted octanol–water partition coefficient (Wildman–Crippen LogP) is 1.58. The Bertz CT molecular complexity index is 463. The molecule has 0 aliphatic rings. The van der Waals surface area contributed by atoms with Crippen LogP contribution in [0.25, 0.3) is 0 Å². The second-order valence-corrected chi connectivity index (χ2v) is 3.56. The van der Waals surface area contributed by atoms with Crippen LogP contribution in [0.3, 0.4) is 0 Å². The number of carbonyl (C=O) groups excluding carboxylic acids is 1. The number of nitrogens with one attached hydrogen (secondary N) is 3. The van der Waals surface area contributed by atoms with Crippen molar-refractivity contribution in [2.75, 3.05) is 5.32 Å². The van der Waals surface area contributed by atoms with E-state index in [0.29, 0.717) is 0 Å². The number of hydrogen-bond acceptors (Lipinski definition) is 2. The summed E-state index contributed by atoms with van der Waals surface area (Å²) in [7, 11) is 0. The number of hydrazine groups is 1. The fourth-order valence-electron chi connectivity index (χ4n) is 1.05. The minimum Gasteiger partial charge on any atom is -0.350 e. The number of alkyl halides is 3. The average molecular weight is 278 g/mol. The number of carbonyl (C=O) groups is 1. The van der Waals surface area contributed by atoms with Crippen LogP contribution in [0.15, 0.2) is 24.3 Å². The molecule has 18 heavy (non-hydrogen) atoms. The summed E-state index contributed by atoms with van der Waals surface area (Å²) >= 11 is 4.72. The van der Waals surface area contributed by atoms with Gasteiger partial charge in [0.2, 0.25) is 0 Å². The second kappa shape index (κ2) is 5.54. The Hall–Kier alpha value is -2.03. The van der Waals surface area contributed by atoms with Crippen LogP contribution in [-0.4, -0.2) is 11.1 Å². The highest BCUT2D eigenvalue weighted by Crippen LogP contribution is 2.30. The van der Waals surface area contributed by atoms with Crippen LogP contribution in [0.1, 0.15) is 5.56 Å². The molecule has 0 unspecified atom stereocenters. The quantitative estimate of drug-likeness (QED) is 0.464. The first-order chi connectivity index (χ1) is 8.29. The zero-order valence-electron chi connectivity index (χ0n) is 8.84. The molecule has 9 heteroatoms. The first kappa shape index (κ1) is 14.0. The summed E-state index contributed by atoms with van der Waals surface area (Å²) in [5.41, 5.74) is 8.27. The van der Waals surface area contributed by atoms with Crippen LogP contribution >= 0.6 is 12.2 Å². The van der Waals surface area contributed by atoms with Crippen molar-refractivity contribution < 1.29 is 18.0 Å². The monoisotopic (exact) mass is 278 g/mol. The number of halogens is 3. The zero-order chi connectivity index (χ0) is 13.8. The van der Waals surface area contributed by atoms with E-state index in [1.165, 1.54) is 12.1 Å². The normalized spacial score (nSPS) is 10.6. The fraction of sp³-hybridized carbons (Fsp3) is 0.111. The van der Waals surface area contributed by atoms with Crippen molar-refractivity contribution >= 4 is 29.0 Å². The molecule has 0 aliphatic carbocycles. The molecule has 0 aliphatic heterocycles. The smallest absolute Gasteiger partial charge is 0.350 e. The van der Waals surface area contributed by atoms with E-state index in [9.17, 15) is 18.0 Å². The van der Waals surface area contributed by atoms with Crippen molar-refractivity contribution in [1.82, 2.24) is 10.9 Å². The number of rotatable bonds is 1. The molecule has 0 spiro atoms. The van der Waals surface area contributed by atoms with Crippen LogP contribution in [0.4, 0.5) is 23.7 Å². The summed E-state index contributed by atoms with van der Waals surface area (Å²) in [6.07, 6.45) is -4.43. The Kier molecular flexibility index (Phi) is 4.32. The number of anilines is 1. The fourth-order valence-corrected chi connectivity index (χ4v) is 1.22. The van der Waals surface area contributed by atoms with Crippen molar-refractivity contribution in [2.45, 2.75) is 6.18 Å². The van der Waals surface area contributed by atoms with E-state index < -0.39 is 17.8 Å². The minimum atomic E-state index is -4.43. The van der Waals surface area contributed by atoms with E-state index in [1.807, 2.05) is 5.43 Å². The van der Waals surface area contributed by atoms with Gasteiger partial charge in [-0.05, 0) is 30.4 Å². The first-order valence-corrected chi connectivity index (χ1v) is 4.99. The maximum absolute atomic E-state index is 12.4. The Labute approximate surface area is 106 Å². The summed E-state index contributed by atoms with van der Waals surface area (Å²) in [6, 6.07) is 3.58. The first-order valence-electron chi connectivity index (χ1n) is 4.59. The van der Waals surface area contributed by atoms with Gasteiger partial charge in [0.15, 0.2) is 5.11 Å². The number of urea groups is 1. The van der Waals surface area contributed by atoms with Gasteiger partial charge in [0, 0.05) is 5.69 Å². The molecule has 0 heterocycles. The van der Waals surface area contributed by atoms with Crippen LogP contribution < -0.4 is 21.9 Å². The third-order valence-corrected chi connectivity index (χ3v) is 1.95. The van der Waals surface area contributed by atoms with E-state index >= 15 is 0 Å². The van der Waals surface area contributed by atoms with Crippen molar-refractivity contribution in [3.05, 3.63) is 29.8 Å². The molecule has 0 aromatic heterocycles. The lowest BCUT2D eigenvalue weighted by molar-refractivity contribution is -0.137. The van der Waals surface area contributed by atoms with Crippen LogP contribution in [0, 0.1) is 0 Å². The largest absolute Gasteiger partial charge is 0.416 e. The predicted molar refractivity (Wildman–Crippen MR) is 63.5 cm³/mol. The van der Waals surface area contributed by atoms with Gasteiger partial charge in [-0.25, -0.2) is 10.2 Å². The van der Waals surface area contributed by atoms with Gasteiger partial charge in [-0.15, -0.1) is 0 Å². The van der Waals surface area contributed by atoms with Gasteiger partial charge >= 0.3 is 12.2 Å². The lowest BCUT2D eigenvalue weighted by atomic mass is 10.2. The average Bonchev–Trinajstić information content (AvgIpc) is 2.25. The van der Waals surface area contributed by atoms with Crippen molar-refractivity contribution in [3.63, 3.8) is 0 Å². The van der Waals surface area contributed by atoms with Gasteiger partial charge in [0.05, 0.1) is 5.56 Å². The molecule has 5 N–H and O–H groups in total. The van der Waals surface area contributed by atoms with Gasteiger partial charge in [-0.1, -0.05) is 6.07 Å². The van der Waals surface area contributed by atoms with Crippen molar-refractivity contribution in [1.29, 1.82) is 0 Å². The lowest BCUT2D eigenvalue weighted by Crippen LogP contribution is -2.46. The molecule has 0 saturated carbocycles. The molecule has 1 aromatic rings. The van der Waals surface area contributed by atoms with E-state index in [0.717, 1.165) is 12.1 Å². The molecule has 0 fully saturated rings. The van der Waals surface area contributed by atoms with Gasteiger partial charge in [-0.2, -0.15) is 13.2 Å². The van der Waals surface area contributed by atoms with Gasteiger partial charge < -0.3 is 11.1 Å². The highest BCUT2D eigenvalue weighted by Gasteiger charge is 2.30. The molecule has 0 saturated heterocycles. The Morgan fingerprint density at radius 2 is 1.94 bits per heavy atom. The summed E-state index contributed by atoms with van der Waals surface area (Å²) in [6.45, 7) is 0. The van der Waals surface area contributed by atoms with E-state index in [1.54, 1.807) is 0 Å². The SMILES string of the molecule is NC(=O)NNC(=S)Nc1cccc(C(F)(F)F)c1. The maximum atomic E-state index is 12.4. The molecule has 0 bridgehead atoms. The highest BCUT2D eigenvalue weighted by atomic mass is 32.1. The summed E-state index contributed by atoms with van der Waals surface area (Å²) in [5, 5.41) is 2.37. The van der Waals surface area contributed by atoms with Crippen molar-refractivity contribution in [3.8, 4) is 0 Å². The van der Waals surface area contributed by atoms with Gasteiger partial charge in [0.1, 0.15) is 0 Å². The molecule has 0 radical (unpaired) electrons. The molecule has 0 atom stereocenters. The van der Waals surface area contributed by atoms with Crippen LogP contribution in [0.5, 0.6) is 0 Å². The highest BCUT2D eigenvalue weighted by molar-refractivity contribution is 7.80. The topological polar surface area (TPSA) is 79.2 Å². The third-order valence-electron chi connectivity index (χ3n) is 1.75. The summed E-state index contributed by atoms with van der Waals surface area (Å²) < 4.78 is 37.2. The number of amides is 2. The van der Waals surface area contributed by atoms with E-state index in [2.05, 4.69) is 10.7 Å². The minimum absolute atomic E-state index is 0.0897.